The van der Waals surface area contributed by atoms with Crippen molar-refractivity contribution in [1.82, 2.24) is 24.1 Å². The molecule has 5 rings (SSSR count). The zero-order valence-corrected chi connectivity index (χ0v) is 19.1. The highest BCUT2D eigenvalue weighted by Crippen LogP contribution is 2.34. The SMILES string of the molecule is C#Cc1ccc2nc(CSc3nnc(-c4cccs4)n3-c3ccccc3OC)cc(=O)n2c1. The lowest BCUT2D eigenvalue weighted by Crippen LogP contribution is -2.15. The summed E-state index contributed by atoms with van der Waals surface area (Å²) in [6, 6.07) is 16.7. The second-order valence-electron chi connectivity index (χ2n) is 6.96. The smallest absolute Gasteiger partial charge is 0.258 e. The molecular weight excluding hydrogens is 454 g/mol. The van der Waals surface area contributed by atoms with Crippen molar-refractivity contribution in [3.05, 3.63) is 87.8 Å². The second kappa shape index (κ2) is 8.94. The van der Waals surface area contributed by atoms with E-state index in [1.54, 1.807) is 36.8 Å². The summed E-state index contributed by atoms with van der Waals surface area (Å²) in [6.45, 7) is 0. The van der Waals surface area contributed by atoms with Crippen LogP contribution in [0.25, 0.3) is 22.0 Å². The molecule has 0 saturated heterocycles. The molecule has 0 aliphatic carbocycles. The van der Waals surface area contributed by atoms with Crippen LogP contribution in [0.4, 0.5) is 0 Å². The molecule has 0 radical (unpaired) electrons. The molecule has 1 aromatic carbocycles. The lowest BCUT2D eigenvalue weighted by molar-refractivity contribution is 0.412. The average molecular weight is 472 g/mol. The Labute approximate surface area is 197 Å². The maximum Gasteiger partial charge on any atom is 0.258 e. The van der Waals surface area contributed by atoms with Gasteiger partial charge in [0.2, 0.25) is 0 Å². The van der Waals surface area contributed by atoms with Gasteiger partial charge in [-0.25, -0.2) is 4.98 Å². The molecule has 0 amide bonds. The molecule has 0 aliphatic heterocycles. The third kappa shape index (κ3) is 4.02. The summed E-state index contributed by atoms with van der Waals surface area (Å²) >= 11 is 3.04. The normalized spacial score (nSPS) is 10.9. The van der Waals surface area contributed by atoms with Crippen LogP contribution in [0.2, 0.25) is 0 Å². The molecule has 0 fully saturated rings. The summed E-state index contributed by atoms with van der Waals surface area (Å²) in [4.78, 5) is 18.2. The molecule has 0 bridgehead atoms. The van der Waals surface area contributed by atoms with E-state index >= 15 is 0 Å². The standard InChI is InChI=1S/C24H17N5O2S2/c1-3-16-10-11-21-25-17(13-22(30)28(21)14-16)15-33-24-27-26-23(20-9-6-12-32-20)29(24)18-7-4-5-8-19(18)31-2/h1,4-14H,15H2,2H3. The highest BCUT2D eigenvalue weighted by Gasteiger charge is 2.20. The molecule has 4 aromatic heterocycles. The van der Waals surface area contributed by atoms with Crippen LogP contribution < -0.4 is 10.3 Å². The highest BCUT2D eigenvalue weighted by molar-refractivity contribution is 7.98. The number of terminal acetylenes is 1. The number of aromatic nitrogens is 5. The summed E-state index contributed by atoms with van der Waals surface area (Å²) < 4.78 is 9.02. The minimum Gasteiger partial charge on any atom is -0.495 e. The zero-order chi connectivity index (χ0) is 22.8. The van der Waals surface area contributed by atoms with Gasteiger partial charge >= 0.3 is 0 Å². The Morgan fingerprint density at radius 2 is 2.03 bits per heavy atom. The van der Waals surface area contributed by atoms with Gasteiger partial charge in [0.15, 0.2) is 11.0 Å². The molecule has 0 unspecified atom stereocenters. The van der Waals surface area contributed by atoms with E-state index in [-0.39, 0.29) is 5.56 Å². The number of fused-ring (bicyclic) bond motifs is 1. The largest absolute Gasteiger partial charge is 0.495 e. The van der Waals surface area contributed by atoms with Gasteiger partial charge in [0.05, 0.1) is 23.4 Å². The van der Waals surface area contributed by atoms with Crippen LogP contribution in [-0.4, -0.2) is 31.3 Å². The van der Waals surface area contributed by atoms with Crippen LogP contribution in [0.3, 0.4) is 0 Å². The van der Waals surface area contributed by atoms with Gasteiger partial charge in [0.1, 0.15) is 11.4 Å². The van der Waals surface area contributed by atoms with E-state index in [4.69, 9.17) is 11.2 Å². The van der Waals surface area contributed by atoms with Gasteiger partial charge < -0.3 is 4.74 Å². The van der Waals surface area contributed by atoms with Gasteiger partial charge in [0, 0.05) is 23.6 Å². The molecule has 33 heavy (non-hydrogen) atoms. The van der Waals surface area contributed by atoms with Crippen molar-refractivity contribution in [2.75, 3.05) is 7.11 Å². The van der Waals surface area contributed by atoms with E-state index in [2.05, 4.69) is 21.1 Å². The number of thiophene rings is 1. The third-order valence-electron chi connectivity index (χ3n) is 4.93. The van der Waals surface area contributed by atoms with Gasteiger partial charge in [0.25, 0.3) is 5.56 Å². The van der Waals surface area contributed by atoms with Crippen LogP contribution in [0.5, 0.6) is 5.75 Å². The number of hydrogen-bond acceptors (Lipinski definition) is 7. The van der Waals surface area contributed by atoms with Crippen LogP contribution >= 0.6 is 23.1 Å². The minimum absolute atomic E-state index is 0.182. The quantitative estimate of drug-likeness (QED) is 0.272. The molecule has 0 N–H and O–H groups in total. The molecular formula is C24H17N5O2S2. The van der Waals surface area contributed by atoms with Gasteiger partial charge in [-0.2, -0.15) is 0 Å². The fourth-order valence-corrected chi connectivity index (χ4v) is 4.95. The van der Waals surface area contributed by atoms with Crippen molar-refractivity contribution in [3.8, 4) is 34.5 Å². The number of ether oxygens (including phenoxy) is 1. The van der Waals surface area contributed by atoms with Gasteiger partial charge in [-0.3, -0.25) is 13.8 Å². The average Bonchev–Trinajstić information content (AvgIpc) is 3.52. The van der Waals surface area contributed by atoms with Gasteiger partial charge in [-0.1, -0.05) is 35.9 Å². The first-order chi connectivity index (χ1) is 16.2. The number of rotatable bonds is 6. The first kappa shape index (κ1) is 21.0. The van der Waals surface area contributed by atoms with Crippen LogP contribution in [0.15, 0.2) is 76.1 Å². The molecule has 4 heterocycles. The first-order valence-corrected chi connectivity index (χ1v) is 11.8. The van der Waals surface area contributed by atoms with Crippen molar-refractivity contribution in [2.24, 2.45) is 0 Å². The Morgan fingerprint density at radius 1 is 1.15 bits per heavy atom. The van der Waals surface area contributed by atoms with Crippen LogP contribution in [0.1, 0.15) is 11.3 Å². The van der Waals surface area contributed by atoms with E-state index in [1.165, 1.54) is 22.2 Å². The van der Waals surface area contributed by atoms with E-state index in [1.807, 2.05) is 46.3 Å². The summed E-state index contributed by atoms with van der Waals surface area (Å²) in [6.07, 6.45) is 7.06. The molecule has 162 valence electrons. The van der Waals surface area contributed by atoms with Crippen molar-refractivity contribution >= 4 is 28.7 Å². The molecule has 0 aliphatic rings. The minimum atomic E-state index is -0.182. The Bertz CT molecular complexity index is 1550. The van der Waals surface area contributed by atoms with Crippen molar-refractivity contribution in [1.29, 1.82) is 0 Å². The molecule has 0 spiro atoms. The van der Waals surface area contributed by atoms with Crippen molar-refractivity contribution < 1.29 is 4.74 Å². The lowest BCUT2D eigenvalue weighted by atomic mass is 10.3. The summed E-state index contributed by atoms with van der Waals surface area (Å²) in [5.74, 6) is 4.42. The molecule has 7 nitrogen and oxygen atoms in total. The Hall–Kier alpha value is -3.87. The number of nitrogens with zero attached hydrogens (tertiary/aromatic N) is 5. The van der Waals surface area contributed by atoms with E-state index in [0.29, 0.717) is 33.6 Å². The fourth-order valence-electron chi connectivity index (χ4n) is 3.41. The van der Waals surface area contributed by atoms with E-state index in [9.17, 15) is 4.79 Å². The summed E-state index contributed by atoms with van der Waals surface area (Å²) in [7, 11) is 1.64. The first-order valence-electron chi connectivity index (χ1n) is 9.92. The topological polar surface area (TPSA) is 74.3 Å². The molecule has 0 saturated carbocycles. The van der Waals surface area contributed by atoms with Gasteiger partial charge in [-0.15, -0.1) is 28.0 Å². The van der Waals surface area contributed by atoms with Crippen LogP contribution in [-0.2, 0) is 5.75 Å². The van der Waals surface area contributed by atoms with E-state index < -0.39 is 0 Å². The maximum absolute atomic E-state index is 12.6. The van der Waals surface area contributed by atoms with Crippen molar-refractivity contribution in [3.63, 3.8) is 0 Å². The number of hydrogen-bond donors (Lipinski definition) is 0. The molecule has 5 aromatic rings. The Morgan fingerprint density at radius 3 is 2.82 bits per heavy atom. The Kier molecular flexibility index (Phi) is 5.69. The fraction of sp³-hybridized carbons (Fsp3) is 0.0833. The number of para-hydroxylation sites is 2. The molecule has 0 atom stereocenters. The zero-order valence-electron chi connectivity index (χ0n) is 17.5. The number of pyridine rings is 1. The second-order valence-corrected chi connectivity index (χ2v) is 8.85. The van der Waals surface area contributed by atoms with E-state index in [0.717, 1.165) is 16.4 Å². The van der Waals surface area contributed by atoms with Crippen LogP contribution in [0, 0.1) is 12.3 Å². The number of methoxy groups -OCH3 is 1. The number of benzene rings is 1. The molecule has 9 heteroatoms. The monoisotopic (exact) mass is 471 g/mol. The Balaban J connectivity index is 1.53. The third-order valence-corrected chi connectivity index (χ3v) is 6.76. The summed E-state index contributed by atoms with van der Waals surface area (Å²) in [5, 5.41) is 11.6. The summed E-state index contributed by atoms with van der Waals surface area (Å²) in [5.41, 5.74) is 2.47. The predicted octanol–water partition coefficient (Wildman–Crippen LogP) is 4.29. The number of thioether (sulfide) groups is 1. The van der Waals surface area contributed by atoms with Crippen molar-refractivity contribution in [2.45, 2.75) is 10.9 Å². The maximum atomic E-state index is 12.6. The highest BCUT2D eigenvalue weighted by atomic mass is 32.2. The lowest BCUT2D eigenvalue weighted by Gasteiger charge is -2.13. The predicted molar refractivity (Wildman–Crippen MR) is 130 cm³/mol. The van der Waals surface area contributed by atoms with Gasteiger partial charge in [-0.05, 0) is 35.7 Å².